The maximum Gasteiger partial charge on any atom is 0.410 e. The van der Waals surface area contributed by atoms with Gasteiger partial charge in [-0.2, -0.15) is 5.10 Å². The van der Waals surface area contributed by atoms with E-state index in [4.69, 9.17) is 4.74 Å². The number of carbonyl (C=O) groups excluding carboxylic acids is 1. The summed E-state index contributed by atoms with van der Waals surface area (Å²) < 4.78 is 8.27. The summed E-state index contributed by atoms with van der Waals surface area (Å²) in [7, 11) is 0. The van der Waals surface area contributed by atoms with Crippen LogP contribution in [0.5, 0.6) is 0 Å². The topological polar surface area (TPSA) is 47.4 Å². The Morgan fingerprint density at radius 1 is 1.42 bits per heavy atom. The van der Waals surface area contributed by atoms with Gasteiger partial charge < -0.3 is 4.74 Å². The maximum atomic E-state index is 12.2. The van der Waals surface area contributed by atoms with Crippen LogP contribution in [0.2, 0.25) is 0 Å². The number of fused-ring (bicyclic) bond motifs is 1. The van der Waals surface area contributed by atoms with Crippen LogP contribution in [0.15, 0.2) is 4.60 Å². The number of halogens is 1. The van der Waals surface area contributed by atoms with Gasteiger partial charge in [0, 0.05) is 12.1 Å². The lowest BCUT2D eigenvalue weighted by Crippen LogP contribution is -2.44. The number of hydrogen-bond acceptors (Lipinski definition) is 3. The zero-order valence-electron chi connectivity index (χ0n) is 12.0. The molecule has 0 saturated carbocycles. The molecule has 1 aliphatic rings. The number of nitrogens with zero attached hydrogens (tertiary/aromatic N) is 3. The van der Waals surface area contributed by atoms with Crippen LogP contribution in [0.25, 0.3) is 0 Å². The Balaban J connectivity index is 2.24. The molecule has 1 aromatic heterocycles. The average molecular weight is 330 g/mol. The second kappa shape index (κ2) is 4.81. The summed E-state index contributed by atoms with van der Waals surface area (Å²) in [5.74, 6) is 0. The molecule has 6 heteroatoms. The van der Waals surface area contributed by atoms with E-state index in [1.54, 1.807) is 4.90 Å². The predicted octanol–water partition coefficient (Wildman–Crippen LogP) is 3.27. The smallest absolute Gasteiger partial charge is 0.410 e. The molecule has 1 aromatic rings. The molecule has 106 valence electrons. The Hall–Kier alpha value is -1.04. The second-order valence-corrected chi connectivity index (χ2v) is 6.63. The third kappa shape index (κ3) is 2.78. The summed E-state index contributed by atoms with van der Waals surface area (Å²) in [5.41, 5.74) is 1.69. The monoisotopic (exact) mass is 329 g/mol. The highest BCUT2D eigenvalue weighted by Gasteiger charge is 2.33. The van der Waals surface area contributed by atoms with Crippen molar-refractivity contribution in [1.29, 1.82) is 0 Å². The van der Waals surface area contributed by atoms with Gasteiger partial charge in [-0.05, 0) is 50.5 Å². The zero-order valence-corrected chi connectivity index (χ0v) is 13.6. The molecule has 0 aromatic carbocycles. The molecule has 0 fully saturated rings. The highest BCUT2D eigenvalue weighted by atomic mass is 79.9. The van der Waals surface area contributed by atoms with Crippen molar-refractivity contribution in [1.82, 2.24) is 14.7 Å². The molecule has 2 heterocycles. The fraction of sp³-hybridized carbons (Fsp3) is 0.692. The van der Waals surface area contributed by atoms with Crippen LogP contribution in [0.3, 0.4) is 0 Å². The molecule has 1 unspecified atom stereocenters. The van der Waals surface area contributed by atoms with E-state index in [1.807, 2.05) is 39.3 Å². The van der Waals surface area contributed by atoms with Crippen LogP contribution in [0.4, 0.5) is 4.79 Å². The Morgan fingerprint density at radius 3 is 2.63 bits per heavy atom. The number of amides is 1. The molecule has 0 radical (unpaired) electrons. The first-order valence-electron chi connectivity index (χ1n) is 6.43. The van der Waals surface area contributed by atoms with E-state index in [-0.39, 0.29) is 12.1 Å². The number of ether oxygens (including phenoxy) is 1. The van der Waals surface area contributed by atoms with E-state index in [2.05, 4.69) is 21.0 Å². The first-order valence-corrected chi connectivity index (χ1v) is 7.22. The van der Waals surface area contributed by atoms with Crippen LogP contribution in [-0.2, 0) is 11.3 Å². The number of rotatable bonds is 0. The minimum absolute atomic E-state index is 0.0256. The second-order valence-electron chi connectivity index (χ2n) is 5.87. The van der Waals surface area contributed by atoms with Crippen molar-refractivity contribution in [3.05, 3.63) is 15.9 Å². The molecule has 5 nitrogen and oxygen atoms in total. The van der Waals surface area contributed by atoms with Gasteiger partial charge in [0.1, 0.15) is 10.2 Å². The zero-order chi connectivity index (χ0) is 14.4. The van der Waals surface area contributed by atoms with Crippen LogP contribution < -0.4 is 0 Å². The third-order valence-electron chi connectivity index (χ3n) is 3.22. The quantitative estimate of drug-likeness (QED) is 0.733. The van der Waals surface area contributed by atoms with E-state index >= 15 is 0 Å². The lowest BCUT2D eigenvalue weighted by atomic mass is 10.1. The van der Waals surface area contributed by atoms with Gasteiger partial charge in [0.2, 0.25) is 0 Å². The molecule has 0 aliphatic carbocycles. The van der Waals surface area contributed by atoms with E-state index < -0.39 is 5.60 Å². The van der Waals surface area contributed by atoms with Gasteiger partial charge in [-0.15, -0.1) is 0 Å². The van der Waals surface area contributed by atoms with Gasteiger partial charge in [-0.25, -0.2) is 4.79 Å². The average Bonchev–Trinajstić information content (AvgIpc) is 2.53. The van der Waals surface area contributed by atoms with Crippen LogP contribution in [0.1, 0.15) is 45.0 Å². The fourth-order valence-corrected chi connectivity index (χ4v) is 2.74. The lowest BCUT2D eigenvalue weighted by molar-refractivity contribution is 0.0120. The van der Waals surface area contributed by atoms with Crippen molar-refractivity contribution in [2.24, 2.45) is 0 Å². The maximum absolute atomic E-state index is 12.2. The first kappa shape index (κ1) is 14.4. The van der Waals surface area contributed by atoms with E-state index in [0.717, 1.165) is 15.9 Å². The third-order valence-corrected chi connectivity index (χ3v) is 3.98. The molecule has 1 aliphatic heterocycles. The SMILES string of the molecule is Cc1c(Br)nn2c1C(C)N(C(=O)OC(C)(C)C)CC2. The standard InChI is InChI=1S/C13H20BrN3O2/c1-8-10-9(2)16(12(18)19-13(3,4)5)6-7-17(10)15-11(8)14/h9H,6-7H2,1-5H3. The highest BCUT2D eigenvalue weighted by Crippen LogP contribution is 2.32. The van der Waals surface area contributed by atoms with Gasteiger partial charge in [-0.1, -0.05) is 0 Å². The van der Waals surface area contributed by atoms with Crippen molar-refractivity contribution in [3.63, 3.8) is 0 Å². The molecule has 0 N–H and O–H groups in total. The number of carbonyl (C=O) groups is 1. The Morgan fingerprint density at radius 2 is 2.05 bits per heavy atom. The summed E-state index contributed by atoms with van der Waals surface area (Å²) in [6.45, 7) is 11.0. The molecule has 1 amide bonds. The highest BCUT2D eigenvalue weighted by molar-refractivity contribution is 9.10. The summed E-state index contributed by atoms with van der Waals surface area (Å²) in [6.07, 6.45) is -0.261. The molecule has 0 bridgehead atoms. The molecular weight excluding hydrogens is 310 g/mol. The summed E-state index contributed by atoms with van der Waals surface area (Å²) >= 11 is 3.44. The first-order chi connectivity index (χ1) is 8.70. The number of hydrogen-bond donors (Lipinski definition) is 0. The summed E-state index contributed by atoms with van der Waals surface area (Å²) in [6, 6.07) is -0.0256. The van der Waals surface area contributed by atoms with Gasteiger partial charge in [0.15, 0.2) is 0 Å². The summed E-state index contributed by atoms with van der Waals surface area (Å²) in [4.78, 5) is 14.0. The van der Waals surface area contributed by atoms with Crippen molar-refractivity contribution >= 4 is 22.0 Å². The molecular formula is C13H20BrN3O2. The Kier molecular flexibility index (Phi) is 3.64. The van der Waals surface area contributed by atoms with Crippen molar-refractivity contribution in [3.8, 4) is 0 Å². The van der Waals surface area contributed by atoms with E-state index in [1.165, 1.54) is 0 Å². The van der Waals surface area contributed by atoms with E-state index in [9.17, 15) is 4.79 Å². The fourth-order valence-electron chi connectivity index (χ4n) is 2.35. The van der Waals surface area contributed by atoms with Crippen LogP contribution >= 0.6 is 15.9 Å². The van der Waals surface area contributed by atoms with Crippen molar-refractivity contribution in [2.75, 3.05) is 6.54 Å². The predicted molar refractivity (Wildman–Crippen MR) is 76.0 cm³/mol. The summed E-state index contributed by atoms with van der Waals surface area (Å²) in [5, 5.41) is 4.42. The molecule has 1 atom stereocenters. The molecule has 2 rings (SSSR count). The van der Waals surface area contributed by atoms with Crippen molar-refractivity contribution in [2.45, 2.75) is 52.8 Å². The van der Waals surface area contributed by atoms with Crippen molar-refractivity contribution < 1.29 is 9.53 Å². The largest absolute Gasteiger partial charge is 0.444 e. The van der Waals surface area contributed by atoms with E-state index in [0.29, 0.717) is 13.1 Å². The Labute approximate surface area is 122 Å². The molecule has 19 heavy (non-hydrogen) atoms. The van der Waals surface area contributed by atoms with Gasteiger partial charge >= 0.3 is 6.09 Å². The Bertz CT molecular complexity index is 505. The number of aromatic nitrogens is 2. The normalized spacial score (nSPS) is 19.3. The van der Waals surface area contributed by atoms with Crippen LogP contribution in [-0.4, -0.2) is 32.9 Å². The van der Waals surface area contributed by atoms with Gasteiger partial charge in [-0.3, -0.25) is 9.58 Å². The van der Waals surface area contributed by atoms with Gasteiger partial charge in [0.25, 0.3) is 0 Å². The molecule has 0 spiro atoms. The molecule has 0 saturated heterocycles. The van der Waals surface area contributed by atoms with Gasteiger partial charge in [0.05, 0.1) is 18.3 Å². The minimum Gasteiger partial charge on any atom is -0.444 e. The van der Waals surface area contributed by atoms with Crippen LogP contribution in [0, 0.1) is 6.92 Å². The lowest BCUT2D eigenvalue weighted by Gasteiger charge is -2.35. The minimum atomic E-state index is -0.468.